The Labute approximate surface area is 240 Å². The molecular formula is C32H32F7NO2. The van der Waals surface area contributed by atoms with Crippen molar-refractivity contribution in [2.75, 3.05) is 13.1 Å². The van der Waals surface area contributed by atoms with Gasteiger partial charge in [-0.3, -0.25) is 9.69 Å². The van der Waals surface area contributed by atoms with Crippen LogP contribution < -0.4 is 0 Å². The number of carboxylic acid groups (broad SMARTS) is 1. The van der Waals surface area contributed by atoms with Gasteiger partial charge in [-0.1, -0.05) is 56.3 Å². The monoisotopic (exact) mass is 595 g/mol. The quantitative estimate of drug-likeness (QED) is 0.264. The Balaban J connectivity index is 1.99. The third kappa shape index (κ3) is 7.14. The number of hydrogen-bond acceptors (Lipinski definition) is 2. The number of benzene rings is 3. The Kier molecular flexibility index (Phi) is 9.35. The van der Waals surface area contributed by atoms with E-state index in [0.29, 0.717) is 16.7 Å². The molecule has 0 radical (unpaired) electrons. The summed E-state index contributed by atoms with van der Waals surface area (Å²) in [6.07, 6.45) is -9.80. The number of nitrogens with zero attached hydrogens (tertiary/aromatic N) is 1. The highest BCUT2D eigenvalue weighted by Gasteiger charge is 2.44. The maximum atomic E-state index is 14.7. The van der Waals surface area contributed by atoms with Gasteiger partial charge < -0.3 is 5.11 Å². The highest BCUT2D eigenvalue weighted by Crippen LogP contribution is 2.46. The summed E-state index contributed by atoms with van der Waals surface area (Å²) in [5.41, 5.74) is -0.0586. The van der Waals surface area contributed by atoms with Crippen molar-refractivity contribution in [1.82, 2.24) is 4.90 Å². The van der Waals surface area contributed by atoms with Gasteiger partial charge in [0.2, 0.25) is 0 Å². The second-order valence-corrected chi connectivity index (χ2v) is 11.2. The molecule has 3 nitrogen and oxygen atoms in total. The number of alkyl halides is 6. The highest BCUT2D eigenvalue weighted by atomic mass is 19.4. The lowest BCUT2D eigenvalue weighted by Gasteiger charge is -2.39. The van der Waals surface area contributed by atoms with Crippen molar-refractivity contribution in [1.29, 1.82) is 0 Å². The molecule has 42 heavy (non-hydrogen) atoms. The van der Waals surface area contributed by atoms with Crippen LogP contribution in [-0.4, -0.2) is 35.2 Å². The molecule has 1 saturated heterocycles. The van der Waals surface area contributed by atoms with Crippen LogP contribution in [0.15, 0.2) is 66.7 Å². The molecule has 1 fully saturated rings. The molecule has 0 bridgehead atoms. The second-order valence-electron chi connectivity index (χ2n) is 11.2. The Morgan fingerprint density at radius 1 is 0.905 bits per heavy atom. The van der Waals surface area contributed by atoms with Crippen LogP contribution in [-0.2, 0) is 11.0 Å². The standard InChI is InChI=1S/C32H32F7NO2/c1-19(2)16-27(30(41)42)25-17-24(20-6-4-3-5-7-20)26(18-28(25)32(37,38)39)29(21-8-10-23(33)11-9-21)40-14-12-22(13-15-40)31(34,35)36/h3-11,17-19,22,27,29H,12-16H2,1-2H3,(H,41,42)/t27-,29-/m0/s1. The normalized spacial score (nSPS) is 16.9. The molecule has 4 rings (SSSR count). The molecule has 3 aromatic carbocycles. The van der Waals surface area contributed by atoms with E-state index in [1.165, 1.54) is 18.2 Å². The second kappa shape index (κ2) is 12.5. The smallest absolute Gasteiger partial charge is 0.416 e. The molecule has 1 heterocycles. The van der Waals surface area contributed by atoms with E-state index < -0.39 is 47.6 Å². The lowest BCUT2D eigenvalue weighted by molar-refractivity contribution is -0.185. The number of carboxylic acids is 1. The van der Waals surface area contributed by atoms with Crippen LogP contribution in [0.4, 0.5) is 30.7 Å². The largest absolute Gasteiger partial charge is 0.481 e. The van der Waals surface area contributed by atoms with Crippen LogP contribution in [0.5, 0.6) is 0 Å². The van der Waals surface area contributed by atoms with Gasteiger partial charge in [0.25, 0.3) is 0 Å². The first-order chi connectivity index (χ1) is 19.7. The summed E-state index contributed by atoms with van der Waals surface area (Å²) < 4.78 is 98.4. The number of piperidine rings is 1. The SMILES string of the molecule is CC(C)C[C@H](C(=O)O)c1cc(-c2ccccc2)c([C@H](c2ccc(F)cc2)N2CCC(C(F)(F)F)CC2)cc1C(F)(F)F. The zero-order valence-corrected chi connectivity index (χ0v) is 23.1. The van der Waals surface area contributed by atoms with Crippen LogP contribution in [0.25, 0.3) is 11.1 Å². The average molecular weight is 596 g/mol. The number of likely N-dealkylation sites (tertiary alicyclic amines) is 1. The maximum absolute atomic E-state index is 14.7. The van der Waals surface area contributed by atoms with Gasteiger partial charge in [0.1, 0.15) is 5.82 Å². The van der Waals surface area contributed by atoms with Crippen molar-refractivity contribution in [2.24, 2.45) is 11.8 Å². The predicted octanol–water partition coefficient (Wildman–Crippen LogP) is 9.09. The molecule has 0 unspecified atom stereocenters. The number of aliphatic carboxylic acids is 1. The van der Waals surface area contributed by atoms with Crippen LogP contribution in [0.1, 0.15) is 67.3 Å². The third-order valence-corrected chi connectivity index (χ3v) is 7.83. The molecule has 0 spiro atoms. The van der Waals surface area contributed by atoms with E-state index in [4.69, 9.17) is 0 Å². The minimum absolute atomic E-state index is 0.0294. The summed E-state index contributed by atoms with van der Waals surface area (Å²) >= 11 is 0. The summed E-state index contributed by atoms with van der Waals surface area (Å²) in [5, 5.41) is 10.0. The van der Waals surface area contributed by atoms with E-state index >= 15 is 0 Å². The number of hydrogen-bond donors (Lipinski definition) is 1. The highest BCUT2D eigenvalue weighted by molar-refractivity contribution is 5.79. The molecule has 2 atom stereocenters. The lowest BCUT2D eigenvalue weighted by Crippen LogP contribution is -2.41. The van der Waals surface area contributed by atoms with Crippen molar-refractivity contribution in [3.8, 4) is 11.1 Å². The average Bonchev–Trinajstić information content (AvgIpc) is 2.92. The summed E-state index contributed by atoms with van der Waals surface area (Å²) in [5.74, 6) is -5.14. The molecular weight excluding hydrogens is 563 g/mol. The molecule has 3 aromatic rings. The lowest BCUT2D eigenvalue weighted by atomic mass is 9.80. The molecule has 0 saturated carbocycles. The molecule has 226 valence electrons. The molecule has 1 N–H and O–H groups in total. The molecule has 10 heteroatoms. The Morgan fingerprint density at radius 3 is 2.00 bits per heavy atom. The van der Waals surface area contributed by atoms with Gasteiger partial charge in [-0.2, -0.15) is 26.3 Å². The fourth-order valence-electron chi connectivity index (χ4n) is 5.81. The molecule has 0 aliphatic carbocycles. The van der Waals surface area contributed by atoms with Gasteiger partial charge >= 0.3 is 18.3 Å². The fourth-order valence-corrected chi connectivity index (χ4v) is 5.81. The molecule has 0 aromatic heterocycles. The van der Waals surface area contributed by atoms with Crippen LogP contribution in [0, 0.1) is 17.7 Å². The van der Waals surface area contributed by atoms with Crippen LogP contribution in [0.3, 0.4) is 0 Å². The molecule has 1 aliphatic heterocycles. The van der Waals surface area contributed by atoms with Gasteiger partial charge in [0.15, 0.2) is 0 Å². The van der Waals surface area contributed by atoms with Gasteiger partial charge in [-0.15, -0.1) is 0 Å². The number of halogens is 7. The van der Waals surface area contributed by atoms with E-state index in [0.717, 1.165) is 18.2 Å². The Bertz CT molecular complexity index is 1360. The van der Waals surface area contributed by atoms with Crippen molar-refractivity contribution >= 4 is 5.97 Å². The summed E-state index contributed by atoms with van der Waals surface area (Å²) in [7, 11) is 0. The minimum atomic E-state index is -4.92. The molecule has 0 amide bonds. The van der Waals surface area contributed by atoms with Crippen molar-refractivity contribution in [2.45, 2.75) is 57.4 Å². The van der Waals surface area contributed by atoms with E-state index in [1.54, 1.807) is 49.1 Å². The van der Waals surface area contributed by atoms with Gasteiger partial charge in [0.05, 0.1) is 23.4 Å². The van der Waals surface area contributed by atoms with E-state index in [1.807, 2.05) is 0 Å². The zero-order valence-electron chi connectivity index (χ0n) is 23.1. The van der Waals surface area contributed by atoms with E-state index in [-0.39, 0.29) is 49.4 Å². The number of carbonyl (C=O) groups is 1. The Hall–Kier alpha value is -3.40. The summed E-state index contributed by atoms with van der Waals surface area (Å²) in [6, 6.07) is 14.9. The predicted molar refractivity (Wildman–Crippen MR) is 145 cm³/mol. The summed E-state index contributed by atoms with van der Waals surface area (Å²) in [6.45, 7) is 3.36. The first-order valence-corrected chi connectivity index (χ1v) is 13.8. The third-order valence-electron chi connectivity index (χ3n) is 7.83. The fraction of sp³-hybridized carbons (Fsp3) is 0.406. The van der Waals surface area contributed by atoms with E-state index in [2.05, 4.69) is 0 Å². The molecule has 1 aliphatic rings. The zero-order chi connectivity index (χ0) is 30.8. The van der Waals surface area contributed by atoms with Crippen LogP contribution in [0.2, 0.25) is 0 Å². The topological polar surface area (TPSA) is 40.5 Å². The van der Waals surface area contributed by atoms with Crippen molar-refractivity contribution < 1.29 is 40.6 Å². The van der Waals surface area contributed by atoms with Crippen molar-refractivity contribution in [3.05, 3.63) is 94.8 Å². The summed E-state index contributed by atoms with van der Waals surface area (Å²) in [4.78, 5) is 14.0. The van der Waals surface area contributed by atoms with E-state index in [9.17, 15) is 40.6 Å². The van der Waals surface area contributed by atoms with Crippen LogP contribution >= 0.6 is 0 Å². The van der Waals surface area contributed by atoms with Gasteiger partial charge in [-0.25, -0.2) is 4.39 Å². The first-order valence-electron chi connectivity index (χ1n) is 13.8. The van der Waals surface area contributed by atoms with Crippen molar-refractivity contribution in [3.63, 3.8) is 0 Å². The van der Waals surface area contributed by atoms with Gasteiger partial charge in [-0.05, 0) is 90.4 Å². The maximum Gasteiger partial charge on any atom is 0.416 e. The van der Waals surface area contributed by atoms with Gasteiger partial charge in [0, 0.05) is 0 Å². The Morgan fingerprint density at radius 2 is 1.50 bits per heavy atom. The number of rotatable bonds is 8. The first kappa shape index (κ1) is 31.5. The minimum Gasteiger partial charge on any atom is -0.481 e.